The van der Waals surface area contributed by atoms with Gasteiger partial charge in [0, 0.05) is 23.4 Å². The minimum absolute atomic E-state index is 0.00151. The maximum atomic E-state index is 10.8. The fraction of sp³-hybridized carbons (Fsp3) is 0. The molecule has 0 aliphatic carbocycles. The van der Waals surface area contributed by atoms with E-state index >= 15 is 0 Å². The zero-order valence-corrected chi connectivity index (χ0v) is 13.2. The van der Waals surface area contributed by atoms with Crippen molar-refractivity contribution >= 4 is 17.9 Å². The zero-order chi connectivity index (χ0) is 17.1. The molecule has 3 rings (SSSR count). The van der Waals surface area contributed by atoms with Gasteiger partial charge in [0.2, 0.25) is 0 Å². The highest BCUT2D eigenvalue weighted by Crippen LogP contribution is 2.29. The molecule has 0 fully saturated rings. The van der Waals surface area contributed by atoms with Crippen LogP contribution in [0, 0.1) is 26.1 Å². The normalized spacial score (nSPS) is 10.1. The number of nitro groups is 1. The van der Waals surface area contributed by atoms with E-state index in [-0.39, 0.29) is 5.69 Å². The number of nitro benzene ring substituents is 1. The Morgan fingerprint density at radius 2 is 1.71 bits per heavy atom. The minimum Gasteiger partial charge on any atom is -0.345 e. The van der Waals surface area contributed by atoms with Crippen molar-refractivity contribution < 1.29 is 4.92 Å². The molecule has 0 aliphatic rings. The van der Waals surface area contributed by atoms with Crippen molar-refractivity contribution in [1.82, 2.24) is 4.98 Å². The lowest BCUT2D eigenvalue weighted by Gasteiger charge is -2.09. The summed E-state index contributed by atoms with van der Waals surface area (Å²) in [5, 5.41) is 20.2. The second kappa shape index (κ2) is 6.44. The molecule has 0 amide bonds. The number of hydrogen-bond donors (Lipinski definition) is 1. The monoisotopic (exact) mass is 333 g/mol. The van der Waals surface area contributed by atoms with Crippen LogP contribution in [0.25, 0.3) is 22.4 Å². The molecule has 1 N–H and O–H groups in total. The Labute approximate surface area is 143 Å². The summed E-state index contributed by atoms with van der Waals surface area (Å²) in [7, 11) is 0. The van der Waals surface area contributed by atoms with Crippen molar-refractivity contribution in [2.75, 3.05) is 0 Å². The Morgan fingerprint density at radius 1 is 1.04 bits per heavy atom. The highest BCUT2D eigenvalue weighted by molar-refractivity contribution is 7.71. The van der Waals surface area contributed by atoms with Crippen molar-refractivity contribution in [2.45, 2.75) is 0 Å². The highest BCUT2D eigenvalue weighted by Gasteiger charge is 2.12. The van der Waals surface area contributed by atoms with E-state index in [1.165, 1.54) is 12.1 Å². The van der Waals surface area contributed by atoms with Gasteiger partial charge in [0.15, 0.2) is 0 Å². The molecule has 0 atom stereocenters. The average Bonchev–Trinajstić information content (AvgIpc) is 2.62. The average molecular weight is 333 g/mol. The lowest BCUT2D eigenvalue weighted by molar-refractivity contribution is -0.384. The smallest absolute Gasteiger partial charge is 0.269 e. The van der Waals surface area contributed by atoms with Gasteiger partial charge in [-0.25, -0.2) is 0 Å². The van der Waals surface area contributed by atoms with Gasteiger partial charge in [0.05, 0.1) is 10.5 Å². The lowest BCUT2D eigenvalue weighted by atomic mass is 9.99. The first-order chi connectivity index (χ1) is 11.6. The summed E-state index contributed by atoms with van der Waals surface area (Å²) in [6.45, 7) is 0. The largest absolute Gasteiger partial charge is 0.345 e. The molecule has 0 aliphatic heterocycles. The molecule has 3 aromatic rings. The second-order valence-electron chi connectivity index (χ2n) is 5.08. The maximum Gasteiger partial charge on any atom is 0.269 e. The third-order valence-electron chi connectivity index (χ3n) is 3.62. The van der Waals surface area contributed by atoms with Crippen molar-refractivity contribution in [3.8, 4) is 28.5 Å². The molecule has 0 spiro atoms. The molecule has 2 aromatic carbocycles. The van der Waals surface area contributed by atoms with Crippen molar-refractivity contribution in [3.05, 3.63) is 81.0 Å². The van der Waals surface area contributed by atoms with E-state index in [4.69, 9.17) is 12.2 Å². The maximum absolute atomic E-state index is 10.8. The molecule has 6 heteroatoms. The third kappa shape index (κ3) is 2.93. The third-order valence-corrected chi connectivity index (χ3v) is 3.93. The minimum atomic E-state index is -0.457. The number of pyridine rings is 1. The van der Waals surface area contributed by atoms with Crippen LogP contribution in [0.2, 0.25) is 0 Å². The number of nitrogens with one attached hydrogen (secondary N) is 1. The van der Waals surface area contributed by atoms with Crippen LogP contribution in [-0.4, -0.2) is 9.91 Å². The van der Waals surface area contributed by atoms with Crippen LogP contribution in [0.5, 0.6) is 0 Å². The SMILES string of the molecule is N#Cc1c(-c2ccc([N+](=O)[O-])cc2)cc(-c2ccccc2)[nH]c1=S. The van der Waals surface area contributed by atoms with E-state index in [1.54, 1.807) is 12.1 Å². The summed E-state index contributed by atoms with van der Waals surface area (Å²) < 4.78 is 0.340. The Bertz CT molecular complexity index is 1000. The number of benzene rings is 2. The zero-order valence-electron chi connectivity index (χ0n) is 12.4. The van der Waals surface area contributed by atoms with Crippen molar-refractivity contribution in [3.63, 3.8) is 0 Å². The van der Waals surface area contributed by atoms with Gasteiger partial charge >= 0.3 is 0 Å². The van der Waals surface area contributed by atoms with Gasteiger partial charge in [-0.2, -0.15) is 5.26 Å². The van der Waals surface area contributed by atoms with Crippen molar-refractivity contribution in [2.24, 2.45) is 0 Å². The fourth-order valence-corrected chi connectivity index (χ4v) is 2.70. The summed E-state index contributed by atoms with van der Waals surface area (Å²) >= 11 is 5.31. The molecular weight excluding hydrogens is 322 g/mol. The number of aromatic nitrogens is 1. The molecule has 0 radical (unpaired) electrons. The van der Waals surface area contributed by atoms with Crippen LogP contribution in [0.1, 0.15) is 5.56 Å². The molecule has 1 heterocycles. The van der Waals surface area contributed by atoms with Gasteiger partial charge in [-0.15, -0.1) is 0 Å². The van der Waals surface area contributed by atoms with Crippen LogP contribution in [0.3, 0.4) is 0 Å². The predicted octanol–water partition coefficient (Wildman–Crippen LogP) is 4.86. The van der Waals surface area contributed by atoms with E-state index in [2.05, 4.69) is 11.1 Å². The summed E-state index contributed by atoms with van der Waals surface area (Å²) in [5.74, 6) is 0. The number of nitrogens with zero attached hydrogens (tertiary/aromatic N) is 2. The summed E-state index contributed by atoms with van der Waals surface area (Å²) in [6, 6.07) is 19.6. The van der Waals surface area contributed by atoms with E-state index in [9.17, 15) is 15.4 Å². The van der Waals surface area contributed by atoms with Crippen LogP contribution in [-0.2, 0) is 0 Å². The number of aromatic amines is 1. The molecule has 1 aromatic heterocycles. The lowest BCUT2D eigenvalue weighted by Crippen LogP contribution is -1.93. The van der Waals surface area contributed by atoms with Crippen molar-refractivity contribution in [1.29, 1.82) is 5.26 Å². The van der Waals surface area contributed by atoms with E-state index < -0.39 is 4.92 Å². The molecule has 0 saturated heterocycles. The Kier molecular flexibility index (Phi) is 4.18. The van der Waals surface area contributed by atoms with Gasteiger partial charge in [-0.1, -0.05) is 42.5 Å². The molecule has 0 saturated carbocycles. The van der Waals surface area contributed by atoms with Crippen LogP contribution >= 0.6 is 12.2 Å². The summed E-state index contributed by atoms with van der Waals surface area (Å²) in [6.07, 6.45) is 0. The Morgan fingerprint density at radius 3 is 2.29 bits per heavy atom. The number of H-pyrrole nitrogens is 1. The van der Waals surface area contributed by atoms with Gasteiger partial charge in [0.25, 0.3) is 5.69 Å². The topological polar surface area (TPSA) is 82.7 Å². The summed E-state index contributed by atoms with van der Waals surface area (Å²) in [5.41, 5.74) is 3.42. The molecule has 0 bridgehead atoms. The molecule has 0 unspecified atom stereocenters. The first-order valence-electron chi connectivity index (χ1n) is 7.08. The van der Waals surface area contributed by atoms with Gasteiger partial charge in [-0.05, 0) is 29.3 Å². The van der Waals surface area contributed by atoms with Crippen LogP contribution in [0.15, 0.2) is 60.7 Å². The van der Waals surface area contributed by atoms with E-state index in [0.717, 1.165) is 11.3 Å². The summed E-state index contributed by atoms with van der Waals surface area (Å²) in [4.78, 5) is 13.4. The van der Waals surface area contributed by atoms with Gasteiger partial charge in [-0.3, -0.25) is 10.1 Å². The number of non-ortho nitro benzene ring substituents is 1. The number of hydrogen-bond acceptors (Lipinski definition) is 4. The molecular formula is C18H11N3O2S. The van der Waals surface area contributed by atoms with Gasteiger partial charge < -0.3 is 4.98 Å². The first kappa shape index (κ1) is 15.6. The molecule has 5 nitrogen and oxygen atoms in total. The number of nitriles is 1. The van der Waals surface area contributed by atoms with E-state index in [1.807, 2.05) is 36.4 Å². The first-order valence-corrected chi connectivity index (χ1v) is 7.48. The standard InChI is InChI=1S/C18H11N3O2S/c19-11-16-15(12-6-8-14(9-7-12)21(22)23)10-17(20-18(16)24)13-4-2-1-3-5-13/h1-10H,(H,20,24). The van der Waals surface area contributed by atoms with E-state index in [0.29, 0.717) is 21.3 Å². The van der Waals surface area contributed by atoms with Crippen LogP contribution < -0.4 is 0 Å². The van der Waals surface area contributed by atoms with Gasteiger partial charge in [0.1, 0.15) is 10.7 Å². The fourth-order valence-electron chi connectivity index (χ4n) is 2.43. The molecule has 24 heavy (non-hydrogen) atoms. The highest BCUT2D eigenvalue weighted by atomic mass is 32.1. The second-order valence-corrected chi connectivity index (χ2v) is 5.49. The Hall–Kier alpha value is -3.30. The Balaban J connectivity index is 2.19. The molecule has 116 valence electrons. The number of rotatable bonds is 3. The van der Waals surface area contributed by atoms with Crippen LogP contribution in [0.4, 0.5) is 5.69 Å². The quantitative estimate of drug-likeness (QED) is 0.421. The predicted molar refractivity (Wildman–Crippen MR) is 93.9 cm³/mol.